The van der Waals surface area contributed by atoms with Gasteiger partial charge < -0.3 is 9.55 Å². The smallest absolute Gasteiger partial charge is 0.345 e. The quantitative estimate of drug-likeness (QED) is 0.176. The number of hydrogen-bond donors (Lipinski definition) is 1. The predicted molar refractivity (Wildman–Crippen MR) is 126 cm³/mol. The van der Waals surface area contributed by atoms with Crippen LogP contribution >= 0.6 is 22.6 Å². The summed E-state index contributed by atoms with van der Waals surface area (Å²) in [7, 11) is 0. The summed E-state index contributed by atoms with van der Waals surface area (Å²) in [4.78, 5) is 14.3. The molecule has 0 saturated carbocycles. The molecular formula is C23H28F3IN2O. The van der Waals surface area contributed by atoms with Gasteiger partial charge in [0.2, 0.25) is 5.56 Å². The van der Waals surface area contributed by atoms with Gasteiger partial charge in [-0.3, -0.25) is 4.79 Å². The molecule has 0 unspecified atom stereocenters. The minimum absolute atomic E-state index is 0.0919. The van der Waals surface area contributed by atoms with Crippen LogP contribution in [0.15, 0.2) is 23.0 Å². The number of pyridine rings is 1. The first-order valence-electron chi connectivity index (χ1n) is 10.5. The summed E-state index contributed by atoms with van der Waals surface area (Å²) in [6.07, 6.45) is 3.84. The number of benzene rings is 1. The van der Waals surface area contributed by atoms with Crippen LogP contribution in [0.2, 0.25) is 0 Å². The third kappa shape index (κ3) is 4.86. The largest absolute Gasteiger partial charge is 0.417 e. The van der Waals surface area contributed by atoms with E-state index in [0.29, 0.717) is 11.5 Å². The normalized spacial score (nSPS) is 12.3. The van der Waals surface area contributed by atoms with Gasteiger partial charge in [-0.1, -0.05) is 54.7 Å². The van der Waals surface area contributed by atoms with Gasteiger partial charge in [-0.2, -0.15) is 13.2 Å². The second-order valence-electron chi connectivity index (χ2n) is 7.95. The molecule has 1 N–H and O–H groups in total. The predicted octanol–water partition coefficient (Wildman–Crippen LogP) is 7.28. The number of halogens is 4. The van der Waals surface area contributed by atoms with Crippen molar-refractivity contribution in [1.82, 2.24) is 9.55 Å². The number of fused-ring (bicyclic) bond motifs is 3. The summed E-state index contributed by atoms with van der Waals surface area (Å²) >= 11 is 2.41. The van der Waals surface area contributed by atoms with Crippen molar-refractivity contribution in [3.8, 4) is 0 Å². The second kappa shape index (κ2) is 9.75. The van der Waals surface area contributed by atoms with Crippen molar-refractivity contribution in [2.45, 2.75) is 71.5 Å². The fourth-order valence-electron chi connectivity index (χ4n) is 4.28. The third-order valence-electron chi connectivity index (χ3n) is 5.92. The number of aromatic nitrogens is 2. The molecule has 30 heavy (non-hydrogen) atoms. The van der Waals surface area contributed by atoms with Gasteiger partial charge >= 0.3 is 6.18 Å². The highest BCUT2D eigenvalue weighted by molar-refractivity contribution is 14.1. The van der Waals surface area contributed by atoms with E-state index >= 15 is 0 Å². The molecule has 3 rings (SSSR count). The maximum Gasteiger partial charge on any atom is 0.417 e. The fourth-order valence-corrected chi connectivity index (χ4v) is 4.82. The molecule has 0 spiro atoms. The van der Waals surface area contributed by atoms with E-state index in [0.717, 1.165) is 36.2 Å². The molecule has 0 aliphatic rings. The van der Waals surface area contributed by atoms with E-state index in [1.165, 1.54) is 36.5 Å². The Morgan fingerprint density at radius 3 is 2.23 bits per heavy atom. The van der Waals surface area contributed by atoms with Crippen molar-refractivity contribution in [1.29, 1.82) is 0 Å². The van der Waals surface area contributed by atoms with E-state index in [1.54, 1.807) is 6.07 Å². The number of alkyl halides is 4. The van der Waals surface area contributed by atoms with Crippen LogP contribution in [-0.2, 0) is 12.7 Å². The molecule has 0 aliphatic carbocycles. The number of nitrogens with one attached hydrogen (secondary N) is 1. The van der Waals surface area contributed by atoms with Gasteiger partial charge in [0.25, 0.3) is 0 Å². The van der Waals surface area contributed by atoms with Gasteiger partial charge in [0.1, 0.15) is 0 Å². The zero-order chi connectivity index (χ0) is 21.9. The molecule has 7 heteroatoms. The topological polar surface area (TPSA) is 37.8 Å². The van der Waals surface area contributed by atoms with Crippen LogP contribution < -0.4 is 5.56 Å². The molecule has 0 amide bonds. The molecule has 164 valence electrons. The van der Waals surface area contributed by atoms with Gasteiger partial charge in [-0.05, 0) is 48.8 Å². The Bertz CT molecular complexity index is 1080. The Morgan fingerprint density at radius 1 is 0.967 bits per heavy atom. The molecular weight excluding hydrogens is 504 g/mol. The first-order valence-corrected chi connectivity index (χ1v) is 12.1. The zero-order valence-electron chi connectivity index (χ0n) is 17.5. The van der Waals surface area contributed by atoms with E-state index in [1.807, 2.05) is 19.9 Å². The Kier molecular flexibility index (Phi) is 7.52. The standard InChI is InChI=1S/C23H28F3IN2O/c1-15-16(2)29(13-9-7-5-3-4-6-8-12-27)19-11-10-18-22(21(15)19)17(23(24,25)26)14-20(30)28-18/h10-11,14H,3-9,12-13H2,1-2H3,(H,28,30). The van der Waals surface area contributed by atoms with E-state index in [2.05, 4.69) is 32.1 Å². The first-order chi connectivity index (χ1) is 14.3. The van der Waals surface area contributed by atoms with Gasteiger partial charge in [-0.25, -0.2) is 0 Å². The zero-order valence-corrected chi connectivity index (χ0v) is 19.6. The summed E-state index contributed by atoms with van der Waals surface area (Å²) < 4.78 is 44.5. The maximum absolute atomic E-state index is 13.7. The fraction of sp³-hybridized carbons (Fsp3) is 0.522. The highest BCUT2D eigenvalue weighted by Gasteiger charge is 2.34. The number of aromatic amines is 1. The van der Waals surface area contributed by atoms with Crippen molar-refractivity contribution in [2.75, 3.05) is 4.43 Å². The van der Waals surface area contributed by atoms with Crippen molar-refractivity contribution in [3.05, 3.63) is 45.4 Å². The summed E-state index contributed by atoms with van der Waals surface area (Å²) in [5.41, 5.74) is 1.26. The molecule has 0 atom stereocenters. The summed E-state index contributed by atoms with van der Waals surface area (Å²) in [6, 6.07) is 4.10. The van der Waals surface area contributed by atoms with Crippen LogP contribution in [0.1, 0.15) is 61.8 Å². The van der Waals surface area contributed by atoms with Crippen molar-refractivity contribution >= 4 is 44.4 Å². The minimum Gasteiger partial charge on any atom is -0.345 e. The van der Waals surface area contributed by atoms with Crippen LogP contribution in [0, 0.1) is 13.8 Å². The van der Waals surface area contributed by atoms with Crippen molar-refractivity contribution in [3.63, 3.8) is 0 Å². The number of unbranched alkanes of at least 4 members (excludes halogenated alkanes) is 6. The highest BCUT2D eigenvalue weighted by atomic mass is 127. The summed E-state index contributed by atoms with van der Waals surface area (Å²) in [6.45, 7) is 4.62. The van der Waals surface area contributed by atoms with Crippen LogP contribution in [0.4, 0.5) is 13.2 Å². The van der Waals surface area contributed by atoms with E-state index < -0.39 is 17.3 Å². The van der Waals surface area contributed by atoms with Gasteiger partial charge in [0.05, 0.1) is 5.56 Å². The molecule has 0 saturated heterocycles. The van der Waals surface area contributed by atoms with Crippen LogP contribution in [0.3, 0.4) is 0 Å². The first kappa shape index (κ1) is 23.2. The Hall–Kier alpha value is -1.51. The SMILES string of the molecule is Cc1c(C)n(CCCCCCCCCI)c2ccc3[nH]c(=O)cc(C(F)(F)F)c3c12. The van der Waals surface area contributed by atoms with Gasteiger partial charge in [0.15, 0.2) is 0 Å². The molecule has 0 radical (unpaired) electrons. The Labute approximate surface area is 188 Å². The molecule has 3 nitrogen and oxygen atoms in total. The van der Waals surface area contributed by atoms with Crippen LogP contribution in [0.5, 0.6) is 0 Å². The van der Waals surface area contributed by atoms with Crippen molar-refractivity contribution < 1.29 is 13.2 Å². The third-order valence-corrected chi connectivity index (χ3v) is 6.68. The highest BCUT2D eigenvalue weighted by Crippen LogP contribution is 2.39. The van der Waals surface area contributed by atoms with Gasteiger partial charge in [0, 0.05) is 40.1 Å². The number of H-pyrrole nitrogens is 1. The van der Waals surface area contributed by atoms with Crippen molar-refractivity contribution in [2.24, 2.45) is 0 Å². The Balaban J connectivity index is 1.90. The lowest BCUT2D eigenvalue weighted by Crippen LogP contribution is -2.14. The molecule has 0 bridgehead atoms. The number of hydrogen-bond acceptors (Lipinski definition) is 1. The molecule has 2 aromatic heterocycles. The van der Waals surface area contributed by atoms with E-state index in [-0.39, 0.29) is 10.9 Å². The van der Waals surface area contributed by atoms with E-state index in [9.17, 15) is 18.0 Å². The minimum atomic E-state index is -4.58. The average molecular weight is 532 g/mol. The summed E-state index contributed by atoms with van der Waals surface area (Å²) in [5, 5.41) is 0.682. The second-order valence-corrected chi connectivity index (χ2v) is 9.03. The number of rotatable bonds is 9. The van der Waals surface area contributed by atoms with Crippen LogP contribution in [-0.4, -0.2) is 14.0 Å². The van der Waals surface area contributed by atoms with E-state index in [4.69, 9.17) is 0 Å². The lowest BCUT2D eigenvalue weighted by atomic mass is 10.0. The number of aryl methyl sites for hydroxylation is 2. The monoisotopic (exact) mass is 532 g/mol. The average Bonchev–Trinajstić information content (AvgIpc) is 2.93. The molecule has 0 aliphatic heterocycles. The molecule has 0 fully saturated rings. The molecule has 3 aromatic rings. The van der Waals surface area contributed by atoms with Crippen LogP contribution in [0.25, 0.3) is 21.8 Å². The summed E-state index contributed by atoms with van der Waals surface area (Å²) in [5.74, 6) is 0. The maximum atomic E-state index is 13.7. The molecule has 1 aromatic carbocycles. The lowest BCUT2D eigenvalue weighted by molar-refractivity contribution is -0.136. The van der Waals surface area contributed by atoms with Gasteiger partial charge in [-0.15, -0.1) is 0 Å². The molecule has 2 heterocycles. The lowest BCUT2D eigenvalue weighted by Gasteiger charge is -2.12. The number of nitrogens with zero attached hydrogens (tertiary/aromatic N) is 1. The Morgan fingerprint density at radius 2 is 1.60 bits per heavy atom.